The van der Waals surface area contributed by atoms with Gasteiger partial charge in [0.05, 0.1) is 11.5 Å². The van der Waals surface area contributed by atoms with Crippen molar-refractivity contribution in [3.63, 3.8) is 0 Å². The number of aromatic nitrogens is 2. The van der Waals surface area contributed by atoms with Crippen molar-refractivity contribution in [1.29, 1.82) is 0 Å². The van der Waals surface area contributed by atoms with E-state index in [1.807, 2.05) is 23.1 Å². The van der Waals surface area contributed by atoms with Gasteiger partial charge in [-0.05, 0) is 41.8 Å². The number of hydrogen-bond acceptors (Lipinski definition) is 6. The van der Waals surface area contributed by atoms with E-state index in [2.05, 4.69) is 31.4 Å². The SMILES string of the molecule is O=C1CC(C(=O)Nc2ccc(OC(F)(F)F)cc2)c2c(nc(N3CCc4ccccc4C3)[nH]c2=O)N1. The molecular weight excluding hydrogens is 479 g/mol. The Kier molecular flexibility index (Phi) is 5.86. The highest BCUT2D eigenvalue weighted by Gasteiger charge is 2.35. The molecular formula is C24H20F3N5O4. The van der Waals surface area contributed by atoms with Crippen molar-refractivity contribution in [3.05, 3.63) is 75.6 Å². The van der Waals surface area contributed by atoms with Gasteiger partial charge in [0.25, 0.3) is 5.56 Å². The number of H-pyrrole nitrogens is 1. The molecule has 0 bridgehead atoms. The number of aromatic amines is 1. The number of halogens is 3. The zero-order valence-electron chi connectivity index (χ0n) is 18.7. The summed E-state index contributed by atoms with van der Waals surface area (Å²) in [5.74, 6) is -2.43. The first-order valence-corrected chi connectivity index (χ1v) is 11.1. The Morgan fingerprint density at radius 2 is 1.81 bits per heavy atom. The lowest BCUT2D eigenvalue weighted by molar-refractivity contribution is -0.274. The van der Waals surface area contributed by atoms with Crippen molar-refractivity contribution in [2.45, 2.75) is 31.7 Å². The van der Waals surface area contributed by atoms with E-state index in [1.165, 1.54) is 17.7 Å². The van der Waals surface area contributed by atoms with Crippen LogP contribution in [0.15, 0.2) is 53.3 Å². The summed E-state index contributed by atoms with van der Waals surface area (Å²) in [5.41, 5.74) is 1.97. The Bertz CT molecular complexity index is 1390. The van der Waals surface area contributed by atoms with E-state index in [4.69, 9.17) is 0 Å². The largest absolute Gasteiger partial charge is 0.573 e. The molecule has 3 N–H and O–H groups in total. The van der Waals surface area contributed by atoms with Crippen LogP contribution in [0.5, 0.6) is 5.75 Å². The number of amides is 2. The second kappa shape index (κ2) is 9.02. The number of rotatable bonds is 4. The first-order chi connectivity index (χ1) is 17.2. The number of benzene rings is 2. The molecule has 0 aliphatic carbocycles. The van der Waals surface area contributed by atoms with Gasteiger partial charge in [-0.2, -0.15) is 4.98 Å². The van der Waals surface area contributed by atoms with Gasteiger partial charge in [-0.25, -0.2) is 0 Å². The van der Waals surface area contributed by atoms with Crippen LogP contribution in [-0.2, 0) is 22.6 Å². The van der Waals surface area contributed by atoms with Crippen LogP contribution in [0, 0.1) is 0 Å². The lowest BCUT2D eigenvalue weighted by Gasteiger charge is -2.30. The summed E-state index contributed by atoms with van der Waals surface area (Å²) in [7, 11) is 0. The summed E-state index contributed by atoms with van der Waals surface area (Å²) < 4.78 is 40.9. The Hall–Kier alpha value is -4.35. The van der Waals surface area contributed by atoms with Crippen LogP contribution in [0.4, 0.5) is 30.6 Å². The molecule has 12 heteroatoms. The lowest BCUT2D eigenvalue weighted by Crippen LogP contribution is -2.38. The molecule has 0 radical (unpaired) electrons. The molecule has 3 heterocycles. The third-order valence-corrected chi connectivity index (χ3v) is 6.04. The molecule has 2 aliphatic heterocycles. The fourth-order valence-electron chi connectivity index (χ4n) is 4.38. The van der Waals surface area contributed by atoms with Crippen LogP contribution in [0.2, 0.25) is 0 Å². The summed E-state index contributed by atoms with van der Waals surface area (Å²) in [6.45, 7) is 1.15. The molecule has 5 rings (SSSR count). The fraction of sp³-hybridized carbons (Fsp3) is 0.250. The molecule has 1 aromatic heterocycles. The topological polar surface area (TPSA) is 116 Å². The lowest BCUT2D eigenvalue weighted by atomic mass is 9.92. The number of hydrogen-bond donors (Lipinski definition) is 3. The molecule has 36 heavy (non-hydrogen) atoms. The molecule has 0 spiro atoms. The third kappa shape index (κ3) is 4.88. The number of carbonyl (C=O) groups excluding carboxylic acids is 2. The summed E-state index contributed by atoms with van der Waals surface area (Å²) in [5, 5.41) is 5.11. The standard InChI is InChI=1S/C24H20F3N5O4/c25-24(26,27)36-16-7-5-15(6-8-16)28-21(34)17-11-18(33)29-20-19(17)22(35)31-23(30-20)32-10-9-13-3-1-2-4-14(13)12-32/h1-8,17H,9-12H2,(H,28,34)(H2,29,30,31,33,35). The van der Waals surface area contributed by atoms with Gasteiger partial charge >= 0.3 is 6.36 Å². The Balaban J connectivity index is 1.37. The van der Waals surface area contributed by atoms with Crippen LogP contribution < -0.4 is 25.8 Å². The van der Waals surface area contributed by atoms with Gasteiger partial charge in [-0.3, -0.25) is 19.4 Å². The number of carbonyl (C=O) groups is 2. The number of anilines is 3. The highest BCUT2D eigenvalue weighted by Crippen LogP contribution is 2.32. The van der Waals surface area contributed by atoms with Crippen molar-refractivity contribution >= 4 is 29.3 Å². The van der Waals surface area contributed by atoms with Crippen LogP contribution >= 0.6 is 0 Å². The van der Waals surface area contributed by atoms with Crippen molar-refractivity contribution in [2.24, 2.45) is 0 Å². The minimum absolute atomic E-state index is 0.0120. The molecule has 2 amide bonds. The number of nitrogens with one attached hydrogen (secondary N) is 3. The molecule has 0 saturated heterocycles. The van der Waals surface area contributed by atoms with E-state index in [0.717, 1.165) is 24.1 Å². The van der Waals surface area contributed by atoms with Gasteiger partial charge in [-0.1, -0.05) is 24.3 Å². The molecule has 2 aliphatic rings. The Morgan fingerprint density at radius 1 is 1.08 bits per heavy atom. The Morgan fingerprint density at radius 3 is 2.53 bits per heavy atom. The van der Waals surface area contributed by atoms with E-state index < -0.39 is 35.4 Å². The maximum atomic E-state index is 13.0. The predicted molar refractivity (Wildman–Crippen MR) is 124 cm³/mol. The van der Waals surface area contributed by atoms with Gasteiger partial charge in [0, 0.05) is 25.2 Å². The zero-order valence-corrected chi connectivity index (χ0v) is 18.7. The molecule has 186 valence electrons. The van der Waals surface area contributed by atoms with Crippen LogP contribution in [0.25, 0.3) is 0 Å². The predicted octanol–water partition coefficient (Wildman–Crippen LogP) is 3.30. The number of ether oxygens (including phenoxy) is 1. The maximum Gasteiger partial charge on any atom is 0.573 e. The van der Waals surface area contributed by atoms with Crippen molar-refractivity contribution in [1.82, 2.24) is 9.97 Å². The van der Waals surface area contributed by atoms with Gasteiger partial charge in [0.1, 0.15) is 11.6 Å². The van der Waals surface area contributed by atoms with E-state index in [9.17, 15) is 27.6 Å². The zero-order chi connectivity index (χ0) is 25.4. The van der Waals surface area contributed by atoms with E-state index in [0.29, 0.717) is 13.1 Å². The van der Waals surface area contributed by atoms with Gasteiger partial charge in [0.15, 0.2) is 0 Å². The van der Waals surface area contributed by atoms with Gasteiger partial charge in [0.2, 0.25) is 17.8 Å². The minimum Gasteiger partial charge on any atom is -0.406 e. The van der Waals surface area contributed by atoms with Crippen molar-refractivity contribution < 1.29 is 27.5 Å². The highest BCUT2D eigenvalue weighted by atomic mass is 19.4. The number of alkyl halides is 3. The van der Waals surface area contributed by atoms with E-state index >= 15 is 0 Å². The number of nitrogens with zero attached hydrogens (tertiary/aromatic N) is 2. The first-order valence-electron chi connectivity index (χ1n) is 11.1. The average Bonchev–Trinajstić information content (AvgIpc) is 2.83. The molecule has 1 atom stereocenters. The smallest absolute Gasteiger partial charge is 0.406 e. The molecule has 1 unspecified atom stereocenters. The third-order valence-electron chi connectivity index (χ3n) is 6.04. The number of fused-ring (bicyclic) bond motifs is 2. The Labute approximate surface area is 202 Å². The summed E-state index contributed by atoms with van der Waals surface area (Å²) in [6.07, 6.45) is -4.36. The maximum absolute atomic E-state index is 13.0. The van der Waals surface area contributed by atoms with Crippen molar-refractivity contribution in [2.75, 3.05) is 22.1 Å². The van der Waals surface area contributed by atoms with Crippen LogP contribution in [0.1, 0.15) is 29.0 Å². The van der Waals surface area contributed by atoms with Crippen LogP contribution in [0.3, 0.4) is 0 Å². The van der Waals surface area contributed by atoms with Gasteiger partial charge in [-0.15, -0.1) is 13.2 Å². The quantitative estimate of drug-likeness (QED) is 0.507. The van der Waals surface area contributed by atoms with E-state index in [-0.39, 0.29) is 29.4 Å². The first kappa shape index (κ1) is 23.4. The van der Waals surface area contributed by atoms with Gasteiger partial charge < -0.3 is 20.3 Å². The van der Waals surface area contributed by atoms with Crippen LogP contribution in [-0.4, -0.2) is 34.7 Å². The normalized spacial score (nSPS) is 17.0. The second-order valence-electron chi connectivity index (χ2n) is 8.46. The minimum atomic E-state index is -4.84. The molecule has 2 aromatic carbocycles. The molecule has 9 nitrogen and oxygen atoms in total. The average molecular weight is 499 g/mol. The van der Waals surface area contributed by atoms with Crippen molar-refractivity contribution in [3.8, 4) is 5.75 Å². The second-order valence-corrected chi connectivity index (χ2v) is 8.46. The molecule has 0 saturated carbocycles. The summed E-state index contributed by atoms with van der Waals surface area (Å²) in [4.78, 5) is 47.4. The molecule has 0 fully saturated rings. The summed E-state index contributed by atoms with van der Waals surface area (Å²) >= 11 is 0. The van der Waals surface area contributed by atoms with E-state index in [1.54, 1.807) is 0 Å². The highest BCUT2D eigenvalue weighted by molar-refractivity contribution is 6.04. The molecule has 3 aromatic rings. The fourth-order valence-corrected chi connectivity index (χ4v) is 4.38. The monoisotopic (exact) mass is 499 g/mol. The summed E-state index contributed by atoms with van der Waals surface area (Å²) in [6, 6.07) is 12.5.